The number of nitrogens with one attached hydrogen (secondary N) is 1. The van der Waals surface area contributed by atoms with Gasteiger partial charge in [0.25, 0.3) is 15.7 Å². The first-order valence-corrected chi connectivity index (χ1v) is 8.90. The third kappa shape index (κ3) is 3.16. The molecule has 3 rings (SSSR count). The highest BCUT2D eigenvalue weighted by atomic mass is 32.2. The Kier molecular flexibility index (Phi) is 4.13. The van der Waals surface area contributed by atoms with Gasteiger partial charge in [0.2, 0.25) is 0 Å². The van der Waals surface area contributed by atoms with E-state index in [1.54, 1.807) is 50.4 Å². The van der Waals surface area contributed by atoms with Gasteiger partial charge in [-0.05, 0) is 43.2 Å². The molecule has 0 aliphatic heterocycles. The first kappa shape index (κ1) is 16.8. The molecule has 0 fully saturated rings. The van der Waals surface area contributed by atoms with E-state index in [2.05, 4.69) is 9.71 Å². The highest BCUT2D eigenvalue weighted by Crippen LogP contribution is 2.30. The van der Waals surface area contributed by atoms with Gasteiger partial charge >= 0.3 is 0 Å². The molecular weight excluding hydrogens is 342 g/mol. The number of nitro benzene ring substituents is 1. The summed E-state index contributed by atoms with van der Waals surface area (Å²) in [6.07, 6.45) is 1.55. The van der Waals surface area contributed by atoms with Crippen molar-refractivity contribution in [2.75, 3.05) is 4.72 Å². The molecule has 1 N–H and O–H groups in total. The minimum Gasteiger partial charge on any atom is -0.277 e. The molecule has 0 bridgehead atoms. The summed E-state index contributed by atoms with van der Waals surface area (Å²) < 4.78 is 28.0. The lowest BCUT2D eigenvalue weighted by atomic mass is 10.1. The lowest BCUT2D eigenvalue weighted by Crippen LogP contribution is -2.15. The zero-order chi connectivity index (χ0) is 18.2. The lowest BCUT2D eigenvalue weighted by molar-refractivity contribution is -0.387. The summed E-state index contributed by atoms with van der Waals surface area (Å²) in [5.74, 6) is 0. The second kappa shape index (κ2) is 6.14. The van der Waals surface area contributed by atoms with Crippen molar-refractivity contribution in [1.82, 2.24) is 4.98 Å². The number of nitro groups is 1. The monoisotopic (exact) mass is 357 g/mol. The molecule has 1 heterocycles. The third-order valence-electron chi connectivity index (χ3n) is 3.94. The van der Waals surface area contributed by atoms with E-state index in [9.17, 15) is 18.5 Å². The first-order valence-electron chi connectivity index (χ1n) is 7.42. The van der Waals surface area contributed by atoms with Crippen LogP contribution < -0.4 is 4.72 Å². The van der Waals surface area contributed by atoms with Crippen molar-refractivity contribution in [2.24, 2.45) is 0 Å². The van der Waals surface area contributed by atoms with Crippen LogP contribution in [0.2, 0.25) is 0 Å². The standard InChI is InChI=1S/C17H15N3O4S/c1-11-9-15(20(21)22)16(10-12(11)2)25(23,24)19-14-7-3-5-13-6-4-8-18-17(13)14/h3-10,19H,1-2H3. The van der Waals surface area contributed by atoms with E-state index >= 15 is 0 Å². The molecule has 25 heavy (non-hydrogen) atoms. The molecule has 0 radical (unpaired) electrons. The molecule has 0 saturated carbocycles. The van der Waals surface area contributed by atoms with Gasteiger partial charge in [-0.2, -0.15) is 0 Å². The zero-order valence-electron chi connectivity index (χ0n) is 13.6. The zero-order valence-corrected chi connectivity index (χ0v) is 14.4. The van der Waals surface area contributed by atoms with E-state index in [4.69, 9.17) is 0 Å². The molecule has 0 amide bonds. The molecule has 8 heteroatoms. The number of para-hydroxylation sites is 1. The molecule has 0 spiro atoms. The van der Waals surface area contributed by atoms with E-state index in [0.29, 0.717) is 16.6 Å². The van der Waals surface area contributed by atoms with Crippen molar-refractivity contribution >= 4 is 32.3 Å². The number of pyridine rings is 1. The summed E-state index contributed by atoms with van der Waals surface area (Å²) in [6, 6.07) is 11.2. The minimum absolute atomic E-state index is 0.269. The fourth-order valence-corrected chi connectivity index (χ4v) is 3.82. The normalized spacial score (nSPS) is 11.4. The van der Waals surface area contributed by atoms with Crippen LogP contribution in [0.25, 0.3) is 10.9 Å². The number of aryl methyl sites for hydroxylation is 2. The molecule has 128 valence electrons. The molecule has 2 aromatic carbocycles. The third-order valence-corrected chi connectivity index (χ3v) is 5.33. The van der Waals surface area contributed by atoms with Crippen LogP contribution in [-0.4, -0.2) is 18.3 Å². The summed E-state index contributed by atoms with van der Waals surface area (Å²) in [5, 5.41) is 12.1. The summed E-state index contributed by atoms with van der Waals surface area (Å²) in [6.45, 7) is 3.40. The Balaban J connectivity index is 2.14. The van der Waals surface area contributed by atoms with Gasteiger partial charge in [-0.25, -0.2) is 8.42 Å². The van der Waals surface area contributed by atoms with Crippen LogP contribution >= 0.6 is 0 Å². The Labute approximate surface area is 144 Å². The van der Waals surface area contributed by atoms with Gasteiger partial charge in [0.15, 0.2) is 4.90 Å². The number of hydrogen-bond donors (Lipinski definition) is 1. The van der Waals surface area contributed by atoms with Gasteiger partial charge in [-0.3, -0.25) is 19.8 Å². The molecule has 0 aliphatic rings. The van der Waals surface area contributed by atoms with Gasteiger partial charge in [-0.15, -0.1) is 0 Å². The van der Waals surface area contributed by atoms with E-state index < -0.39 is 20.6 Å². The van der Waals surface area contributed by atoms with Crippen molar-refractivity contribution in [1.29, 1.82) is 0 Å². The minimum atomic E-state index is -4.15. The maximum Gasteiger partial charge on any atom is 0.290 e. The summed E-state index contributed by atoms with van der Waals surface area (Å²) in [4.78, 5) is 14.4. The highest BCUT2D eigenvalue weighted by Gasteiger charge is 2.27. The fraction of sp³-hybridized carbons (Fsp3) is 0.118. The lowest BCUT2D eigenvalue weighted by Gasteiger charge is -2.12. The number of sulfonamides is 1. The van der Waals surface area contributed by atoms with Gasteiger partial charge in [0.1, 0.15) is 0 Å². The van der Waals surface area contributed by atoms with Gasteiger partial charge in [0, 0.05) is 17.6 Å². The maximum absolute atomic E-state index is 12.8. The van der Waals surface area contributed by atoms with Gasteiger partial charge < -0.3 is 0 Å². The van der Waals surface area contributed by atoms with Crippen LogP contribution in [0.4, 0.5) is 11.4 Å². The molecule has 0 unspecified atom stereocenters. The van der Waals surface area contributed by atoms with Crippen molar-refractivity contribution in [3.05, 3.63) is 69.9 Å². The van der Waals surface area contributed by atoms with E-state index in [1.165, 1.54) is 12.1 Å². The largest absolute Gasteiger partial charge is 0.290 e. The van der Waals surface area contributed by atoms with Crippen LogP contribution in [-0.2, 0) is 10.0 Å². The smallest absolute Gasteiger partial charge is 0.277 e. The Morgan fingerprint density at radius 2 is 1.76 bits per heavy atom. The van der Waals surface area contributed by atoms with Crippen LogP contribution in [0.1, 0.15) is 11.1 Å². The number of hydrogen-bond acceptors (Lipinski definition) is 5. The van der Waals surface area contributed by atoms with E-state index in [-0.39, 0.29) is 10.6 Å². The Bertz CT molecular complexity index is 1090. The second-order valence-electron chi connectivity index (χ2n) is 5.65. The predicted octanol–water partition coefficient (Wildman–Crippen LogP) is 3.56. The number of benzene rings is 2. The van der Waals surface area contributed by atoms with Crippen LogP contribution in [0.5, 0.6) is 0 Å². The number of anilines is 1. The summed E-state index contributed by atoms with van der Waals surface area (Å²) in [7, 11) is -4.15. The van der Waals surface area contributed by atoms with Crippen molar-refractivity contribution in [2.45, 2.75) is 18.7 Å². The Hall–Kier alpha value is -3.00. The van der Waals surface area contributed by atoms with Crippen LogP contribution in [0, 0.1) is 24.0 Å². The van der Waals surface area contributed by atoms with E-state index in [1.807, 2.05) is 0 Å². The molecule has 0 saturated heterocycles. The fourth-order valence-electron chi connectivity index (χ4n) is 2.52. The van der Waals surface area contributed by atoms with Gasteiger partial charge in [0.05, 0.1) is 16.1 Å². The summed E-state index contributed by atoms with van der Waals surface area (Å²) >= 11 is 0. The first-order chi connectivity index (χ1) is 11.8. The second-order valence-corrected chi connectivity index (χ2v) is 7.30. The van der Waals surface area contributed by atoms with Crippen LogP contribution in [0.3, 0.4) is 0 Å². The quantitative estimate of drug-likeness (QED) is 0.568. The van der Waals surface area contributed by atoms with Crippen molar-refractivity contribution < 1.29 is 13.3 Å². The van der Waals surface area contributed by atoms with E-state index in [0.717, 1.165) is 5.39 Å². The molecule has 3 aromatic rings. The predicted molar refractivity (Wildman–Crippen MR) is 95.1 cm³/mol. The van der Waals surface area contributed by atoms with Crippen molar-refractivity contribution in [3.8, 4) is 0 Å². The number of rotatable bonds is 4. The number of aromatic nitrogens is 1. The molecule has 0 atom stereocenters. The molecule has 1 aromatic heterocycles. The average Bonchev–Trinajstić information content (AvgIpc) is 2.56. The van der Waals surface area contributed by atoms with Gasteiger partial charge in [-0.1, -0.05) is 18.2 Å². The Morgan fingerprint density at radius 1 is 1.08 bits per heavy atom. The van der Waals surface area contributed by atoms with Crippen LogP contribution in [0.15, 0.2) is 53.6 Å². The number of nitrogens with zero attached hydrogens (tertiary/aromatic N) is 2. The molecule has 0 aliphatic carbocycles. The average molecular weight is 357 g/mol. The Morgan fingerprint density at radius 3 is 2.48 bits per heavy atom. The SMILES string of the molecule is Cc1cc([N+](=O)[O-])c(S(=O)(=O)Nc2cccc3cccnc23)cc1C. The van der Waals surface area contributed by atoms with Crippen molar-refractivity contribution in [3.63, 3.8) is 0 Å². The maximum atomic E-state index is 12.8. The topological polar surface area (TPSA) is 102 Å². The number of fused-ring (bicyclic) bond motifs is 1. The highest BCUT2D eigenvalue weighted by molar-refractivity contribution is 7.92. The summed E-state index contributed by atoms with van der Waals surface area (Å²) in [5.41, 5.74) is 1.59. The molecular formula is C17H15N3O4S. The molecule has 7 nitrogen and oxygen atoms in total.